The van der Waals surface area contributed by atoms with E-state index < -0.39 is 0 Å². The lowest BCUT2D eigenvalue weighted by atomic mass is 10.4. The molecule has 0 spiro atoms. The molecule has 15 heavy (non-hydrogen) atoms. The molecule has 0 unspecified atom stereocenters. The van der Waals surface area contributed by atoms with E-state index >= 15 is 0 Å². The molecule has 0 aliphatic heterocycles. The Hall–Kier alpha value is -1.71. The molecular weight excluding hydrogens is 188 g/mol. The summed E-state index contributed by atoms with van der Waals surface area (Å²) < 4.78 is 2.06. The zero-order valence-electron chi connectivity index (χ0n) is 9.57. The predicted octanol–water partition coefficient (Wildman–Crippen LogP) is 1.75. The van der Waals surface area contributed by atoms with E-state index in [0.717, 1.165) is 22.8 Å². The summed E-state index contributed by atoms with van der Waals surface area (Å²) in [5, 5.41) is 3.15. The van der Waals surface area contributed by atoms with Gasteiger partial charge in [0.15, 0.2) is 0 Å². The van der Waals surface area contributed by atoms with Crippen molar-refractivity contribution < 1.29 is 0 Å². The van der Waals surface area contributed by atoms with Gasteiger partial charge in [-0.2, -0.15) is 0 Å². The summed E-state index contributed by atoms with van der Waals surface area (Å²) in [4.78, 5) is 6.57. The third-order valence-corrected chi connectivity index (χ3v) is 2.54. The molecule has 0 fully saturated rings. The fourth-order valence-corrected chi connectivity index (χ4v) is 1.73. The molecule has 0 aliphatic carbocycles. The van der Waals surface area contributed by atoms with Gasteiger partial charge in [-0.1, -0.05) is 0 Å². The van der Waals surface area contributed by atoms with E-state index in [1.165, 1.54) is 0 Å². The summed E-state index contributed by atoms with van der Waals surface area (Å²) in [6.45, 7) is 2.01. The van der Waals surface area contributed by atoms with Crippen LogP contribution in [0.4, 0.5) is 11.5 Å². The second kappa shape index (κ2) is 3.46. The molecule has 0 saturated heterocycles. The van der Waals surface area contributed by atoms with Crippen LogP contribution in [0.3, 0.4) is 0 Å². The summed E-state index contributed by atoms with van der Waals surface area (Å²) in [6.07, 6.45) is 2.04. The van der Waals surface area contributed by atoms with Crippen molar-refractivity contribution in [3.8, 4) is 0 Å². The molecule has 80 valence electrons. The number of aryl methyl sites for hydroxylation is 1. The van der Waals surface area contributed by atoms with Crippen LogP contribution in [0.5, 0.6) is 0 Å². The van der Waals surface area contributed by atoms with Gasteiger partial charge in [0.25, 0.3) is 0 Å². The van der Waals surface area contributed by atoms with Crippen molar-refractivity contribution in [1.82, 2.24) is 9.38 Å². The molecule has 2 aromatic rings. The minimum absolute atomic E-state index is 0.975. The van der Waals surface area contributed by atoms with Crippen molar-refractivity contribution in [3.63, 3.8) is 0 Å². The number of imidazole rings is 1. The Morgan fingerprint density at radius 2 is 2.13 bits per heavy atom. The molecule has 2 aromatic heterocycles. The van der Waals surface area contributed by atoms with Gasteiger partial charge in [-0.25, -0.2) is 4.98 Å². The standard InChI is InChI=1S/C11H16N4/c1-8-11(12-2)15-6-5-9(14(3)4)7-10(15)13-8/h5-7,12H,1-4H3. The van der Waals surface area contributed by atoms with Crippen LogP contribution in [0.1, 0.15) is 5.69 Å². The average Bonchev–Trinajstić information content (AvgIpc) is 2.51. The normalized spacial score (nSPS) is 10.7. The van der Waals surface area contributed by atoms with Crippen LogP contribution in [-0.2, 0) is 0 Å². The van der Waals surface area contributed by atoms with Crippen molar-refractivity contribution in [2.45, 2.75) is 6.92 Å². The zero-order chi connectivity index (χ0) is 11.0. The van der Waals surface area contributed by atoms with Gasteiger partial charge < -0.3 is 10.2 Å². The second-order valence-corrected chi connectivity index (χ2v) is 3.80. The molecule has 0 saturated carbocycles. The van der Waals surface area contributed by atoms with Crippen molar-refractivity contribution in [1.29, 1.82) is 0 Å². The molecule has 0 atom stereocenters. The molecule has 0 amide bonds. The van der Waals surface area contributed by atoms with Crippen LogP contribution < -0.4 is 10.2 Å². The highest BCUT2D eigenvalue weighted by Crippen LogP contribution is 2.20. The summed E-state index contributed by atoms with van der Waals surface area (Å²) in [7, 11) is 5.97. The van der Waals surface area contributed by atoms with E-state index in [4.69, 9.17) is 0 Å². The molecule has 0 radical (unpaired) electrons. The Morgan fingerprint density at radius 1 is 1.40 bits per heavy atom. The summed E-state index contributed by atoms with van der Waals surface area (Å²) >= 11 is 0. The highest BCUT2D eigenvalue weighted by atomic mass is 15.1. The van der Waals surface area contributed by atoms with E-state index in [2.05, 4.69) is 31.7 Å². The second-order valence-electron chi connectivity index (χ2n) is 3.80. The van der Waals surface area contributed by atoms with Gasteiger partial charge >= 0.3 is 0 Å². The van der Waals surface area contributed by atoms with Gasteiger partial charge in [0.2, 0.25) is 0 Å². The number of aromatic nitrogens is 2. The number of nitrogens with one attached hydrogen (secondary N) is 1. The smallest absolute Gasteiger partial charge is 0.140 e. The number of hydrogen-bond donors (Lipinski definition) is 1. The lowest BCUT2D eigenvalue weighted by Gasteiger charge is -2.12. The van der Waals surface area contributed by atoms with Crippen LogP contribution in [0.15, 0.2) is 18.3 Å². The number of hydrogen-bond acceptors (Lipinski definition) is 3. The third kappa shape index (κ3) is 1.52. The highest BCUT2D eigenvalue weighted by Gasteiger charge is 2.07. The minimum Gasteiger partial charge on any atom is -0.378 e. The van der Waals surface area contributed by atoms with Crippen molar-refractivity contribution >= 4 is 17.2 Å². The fraction of sp³-hybridized carbons (Fsp3) is 0.364. The summed E-state index contributed by atoms with van der Waals surface area (Å²) in [5.74, 6) is 1.05. The Bertz CT molecular complexity index is 485. The van der Waals surface area contributed by atoms with Crippen LogP contribution >= 0.6 is 0 Å². The molecule has 0 aromatic carbocycles. The van der Waals surface area contributed by atoms with Crippen LogP contribution in [0.25, 0.3) is 5.65 Å². The van der Waals surface area contributed by atoms with Crippen LogP contribution in [-0.4, -0.2) is 30.5 Å². The first-order chi connectivity index (χ1) is 7.13. The first-order valence-electron chi connectivity index (χ1n) is 4.97. The molecule has 0 bridgehead atoms. The SMILES string of the molecule is CNc1c(C)nc2cc(N(C)C)ccn12. The summed E-state index contributed by atoms with van der Waals surface area (Å²) in [6, 6.07) is 4.16. The minimum atomic E-state index is 0.975. The number of rotatable bonds is 2. The highest BCUT2D eigenvalue weighted by molar-refractivity contribution is 5.61. The summed E-state index contributed by atoms with van der Waals surface area (Å²) in [5.41, 5.74) is 3.16. The average molecular weight is 204 g/mol. The maximum atomic E-state index is 4.50. The number of fused-ring (bicyclic) bond motifs is 1. The van der Waals surface area contributed by atoms with Crippen LogP contribution in [0, 0.1) is 6.92 Å². The molecule has 4 heteroatoms. The number of anilines is 2. The van der Waals surface area contributed by atoms with Gasteiger partial charge in [-0.15, -0.1) is 0 Å². The molecule has 4 nitrogen and oxygen atoms in total. The Morgan fingerprint density at radius 3 is 2.73 bits per heavy atom. The Kier molecular flexibility index (Phi) is 2.26. The van der Waals surface area contributed by atoms with E-state index in [9.17, 15) is 0 Å². The molecule has 2 heterocycles. The van der Waals surface area contributed by atoms with Crippen LogP contribution in [0.2, 0.25) is 0 Å². The number of nitrogens with zero attached hydrogens (tertiary/aromatic N) is 3. The zero-order valence-corrected chi connectivity index (χ0v) is 9.57. The number of pyridine rings is 1. The van der Waals surface area contributed by atoms with E-state index in [1.54, 1.807) is 0 Å². The molecule has 1 N–H and O–H groups in total. The molecule has 2 rings (SSSR count). The van der Waals surface area contributed by atoms with Crippen molar-refractivity contribution in [2.75, 3.05) is 31.4 Å². The maximum Gasteiger partial charge on any atom is 0.140 e. The third-order valence-electron chi connectivity index (χ3n) is 2.54. The van der Waals surface area contributed by atoms with Crippen molar-refractivity contribution in [2.24, 2.45) is 0 Å². The van der Waals surface area contributed by atoms with E-state index in [0.29, 0.717) is 0 Å². The molecule has 0 aliphatic rings. The quantitative estimate of drug-likeness (QED) is 0.809. The van der Waals surface area contributed by atoms with E-state index in [-0.39, 0.29) is 0 Å². The monoisotopic (exact) mass is 204 g/mol. The van der Waals surface area contributed by atoms with Gasteiger partial charge in [0.1, 0.15) is 11.5 Å². The first-order valence-corrected chi connectivity index (χ1v) is 4.97. The van der Waals surface area contributed by atoms with Gasteiger partial charge in [0, 0.05) is 39.1 Å². The lowest BCUT2D eigenvalue weighted by molar-refractivity contribution is 1.10. The van der Waals surface area contributed by atoms with Crippen molar-refractivity contribution in [3.05, 3.63) is 24.0 Å². The topological polar surface area (TPSA) is 32.6 Å². The Labute approximate surface area is 89.5 Å². The van der Waals surface area contributed by atoms with Gasteiger partial charge in [-0.3, -0.25) is 4.40 Å². The predicted molar refractivity (Wildman–Crippen MR) is 63.8 cm³/mol. The van der Waals surface area contributed by atoms with Gasteiger partial charge in [0.05, 0.1) is 5.69 Å². The largest absolute Gasteiger partial charge is 0.378 e. The first kappa shape index (κ1) is 9.83. The molecular formula is C11H16N4. The lowest BCUT2D eigenvalue weighted by Crippen LogP contribution is -2.08. The fourth-order valence-electron chi connectivity index (χ4n) is 1.73. The van der Waals surface area contributed by atoms with E-state index in [1.807, 2.05) is 34.3 Å². The Balaban J connectivity index is 2.64. The van der Waals surface area contributed by atoms with Gasteiger partial charge in [-0.05, 0) is 13.0 Å². The maximum absolute atomic E-state index is 4.50.